The van der Waals surface area contributed by atoms with Crippen molar-refractivity contribution in [2.75, 3.05) is 24.4 Å². The minimum absolute atomic E-state index is 0.0836. The Morgan fingerprint density at radius 2 is 1.96 bits per heavy atom. The molecule has 0 spiro atoms. The molecule has 2 aromatic rings. The van der Waals surface area contributed by atoms with E-state index in [1.54, 1.807) is 19.2 Å². The van der Waals surface area contributed by atoms with E-state index in [2.05, 4.69) is 37.4 Å². The highest BCUT2D eigenvalue weighted by molar-refractivity contribution is 5.55. The molecule has 0 amide bonds. The quantitative estimate of drug-likeness (QED) is 0.717. The molecule has 2 fully saturated rings. The van der Waals surface area contributed by atoms with Crippen LogP contribution in [0.2, 0.25) is 0 Å². The molecule has 0 aliphatic heterocycles. The largest absolute Gasteiger partial charge is 0.481 e. The maximum atomic E-state index is 9.18. The van der Waals surface area contributed by atoms with Crippen LogP contribution in [0.3, 0.4) is 0 Å². The molecule has 8 heteroatoms. The second-order valence-corrected chi connectivity index (χ2v) is 7.79. The molecule has 27 heavy (non-hydrogen) atoms. The third-order valence-corrected chi connectivity index (χ3v) is 5.92. The number of H-pyrrole nitrogens is 1. The molecule has 2 heterocycles. The van der Waals surface area contributed by atoms with E-state index in [9.17, 15) is 5.11 Å². The molecule has 146 valence electrons. The van der Waals surface area contributed by atoms with E-state index in [0.717, 1.165) is 11.8 Å². The molecule has 2 aliphatic carbocycles. The van der Waals surface area contributed by atoms with Crippen molar-refractivity contribution in [3.63, 3.8) is 0 Å². The highest BCUT2D eigenvalue weighted by atomic mass is 16.5. The fraction of sp³-hybridized carbons (Fsp3) is 0.632. The lowest BCUT2D eigenvalue weighted by Crippen LogP contribution is -2.41. The summed E-state index contributed by atoms with van der Waals surface area (Å²) < 4.78 is 5.39. The minimum Gasteiger partial charge on any atom is -0.481 e. The lowest BCUT2D eigenvalue weighted by Gasteiger charge is -2.42. The van der Waals surface area contributed by atoms with E-state index < -0.39 is 0 Å². The number of ether oxygens (including phenoxy) is 1. The Hall–Kier alpha value is -2.35. The van der Waals surface area contributed by atoms with Crippen molar-refractivity contribution in [3.05, 3.63) is 17.8 Å². The SMILES string of the molecule is COc1cc(Nc2cc(CO)[nH]n2)nc(N(C)C2C[C@H]3CCC[C@@H](C2)C3)n1. The summed E-state index contributed by atoms with van der Waals surface area (Å²) >= 11 is 0. The van der Waals surface area contributed by atoms with Crippen LogP contribution in [0.25, 0.3) is 0 Å². The van der Waals surface area contributed by atoms with E-state index in [4.69, 9.17) is 4.74 Å². The molecule has 2 aliphatic rings. The van der Waals surface area contributed by atoms with Crippen molar-refractivity contribution >= 4 is 17.6 Å². The molecule has 3 N–H and O–H groups in total. The molecule has 2 saturated carbocycles. The molecule has 4 rings (SSSR count). The Labute approximate surface area is 159 Å². The van der Waals surface area contributed by atoms with Crippen LogP contribution in [-0.2, 0) is 6.61 Å². The predicted molar refractivity (Wildman–Crippen MR) is 103 cm³/mol. The number of rotatable bonds is 6. The van der Waals surface area contributed by atoms with Crippen molar-refractivity contribution in [1.82, 2.24) is 20.2 Å². The topological polar surface area (TPSA) is 99.2 Å². The number of aliphatic hydroxyl groups is 1. The maximum absolute atomic E-state index is 9.18. The summed E-state index contributed by atoms with van der Waals surface area (Å²) in [5, 5.41) is 19.2. The number of hydrogen-bond acceptors (Lipinski definition) is 7. The summed E-state index contributed by atoms with van der Waals surface area (Å²) in [6.07, 6.45) is 7.93. The summed E-state index contributed by atoms with van der Waals surface area (Å²) in [6.45, 7) is -0.0836. The number of aromatic amines is 1. The minimum atomic E-state index is -0.0836. The van der Waals surface area contributed by atoms with Gasteiger partial charge in [-0.3, -0.25) is 5.10 Å². The average molecular weight is 372 g/mol. The molecule has 3 atom stereocenters. The van der Waals surface area contributed by atoms with Gasteiger partial charge in [-0.05, 0) is 31.1 Å². The zero-order valence-electron chi connectivity index (χ0n) is 16.0. The van der Waals surface area contributed by atoms with Gasteiger partial charge in [-0.1, -0.05) is 19.3 Å². The fourth-order valence-corrected chi connectivity index (χ4v) is 4.55. The smallest absolute Gasteiger partial charge is 0.230 e. The highest BCUT2D eigenvalue weighted by Crippen LogP contribution is 2.41. The first-order valence-electron chi connectivity index (χ1n) is 9.72. The zero-order valence-corrected chi connectivity index (χ0v) is 16.0. The summed E-state index contributed by atoms with van der Waals surface area (Å²) in [4.78, 5) is 11.5. The van der Waals surface area contributed by atoms with Crippen LogP contribution in [0.15, 0.2) is 12.1 Å². The van der Waals surface area contributed by atoms with Crippen molar-refractivity contribution in [1.29, 1.82) is 0 Å². The van der Waals surface area contributed by atoms with Gasteiger partial charge in [-0.2, -0.15) is 15.1 Å². The van der Waals surface area contributed by atoms with Crippen molar-refractivity contribution in [2.45, 2.75) is 51.2 Å². The Balaban J connectivity index is 1.54. The van der Waals surface area contributed by atoms with Crippen molar-refractivity contribution in [2.24, 2.45) is 11.8 Å². The Bertz CT molecular complexity index is 767. The van der Waals surface area contributed by atoms with Crippen LogP contribution in [0.5, 0.6) is 5.88 Å². The molecular formula is C19H28N6O2. The predicted octanol–water partition coefficient (Wildman–Crippen LogP) is 2.85. The van der Waals surface area contributed by atoms with E-state index in [1.165, 1.54) is 38.5 Å². The summed E-state index contributed by atoms with van der Waals surface area (Å²) in [5.41, 5.74) is 0.643. The summed E-state index contributed by atoms with van der Waals surface area (Å²) in [7, 11) is 3.70. The first-order valence-corrected chi connectivity index (χ1v) is 9.72. The number of aromatic nitrogens is 4. The van der Waals surface area contributed by atoms with Crippen LogP contribution in [0, 0.1) is 11.8 Å². The van der Waals surface area contributed by atoms with E-state index in [0.29, 0.717) is 35.2 Å². The molecule has 0 aromatic carbocycles. The highest BCUT2D eigenvalue weighted by Gasteiger charge is 2.34. The first-order chi connectivity index (χ1) is 13.1. The third kappa shape index (κ3) is 4.00. The molecule has 0 saturated heterocycles. The van der Waals surface area contributed by atoms with E-state index in [1.807, 2.05) is 0 Å². The number of nitrogens with zero attached hydrogens (tertiary/aromatic N) is 4. The molecule has 0 radical (unpaired) electrons. The van der Waals surface area contributed by atoms with Gasteiger partial charge in [-0.15, -0.1) is 0 Å². The maximum Gasteiger partial charge on any atom is 0.230 e. The van der Waals surface area contributed by atoms with Crippen LogP contribution in [-0.4, -0.2) is 45.5 Å². The number of hydrogen-bond donors (Lipinski definition) is 3. The van der Waals surface area contributed by atoms with Crippen molar-refractivity contribution < 1.29 is 9.84 Å². The van der Waals surface area contributed by atoms with Gasteiger partial charge in [0.1, 0.15) is 5.82 Å². The van der Waals surface area contributed by atoms with Crippen LogP contribution in [0.4, 0.5) is 17.6 Å². The number of aliphatic hydroxyl groups excluding tert-OH is 1. The van der Waals surface area contributed by atoms with Crippen molar-refractivity contribution in [3.8, 4) is 5.88 Å². The van der Waals surface area contributed by atoms with Gasteiger partial charge < -0.3 is 20.1 Å². The molecule has 2 aromatic heterocycles. The van der Waals surface area contributed by atoms with Gasteiger partial charge in [0.25, 0.3) is 0 Å². The van der Waals surface area contributed by atoms with Crippen LogP contribution >= 0.6 is 0 Å². The Morgan fingerprint density at radius 3 is 2.63 bits per heavy atom. The Kier molecular flexibility index (Phi) is 5.15. The van der Waals surface area contributed by atoms with Crippen LogP contribution in [0.1, 0.15) is 44.2 Å². The van der Waals surface area contributed by atoms with Gasteiger partial charge in [0.15, 0.2) is 5.82 Å². The summed E-state index contributed by atoms with van der Waals surface area (Å²) in [5.74, 6) is 4.09. The number of fused-ring (bicyclic) bond motifs is 2. The van der Waals surface area contributed by atoms with Gasteiger partial charge >= 0.3 is 0 Å². The Morgan fingerprint density at radius 1 is 1.19 bits per heavy atom. The van der Waals surface area contributed by atoms with Gasteiger partial charge in [0, 0.05) is 25.2 Å². The van der Waals surface area contributed by atoms with E-state index >= 15 is 0 Å². The fourth-order valence-electron chi connectivity index (χ4n) is 4.55. The lowest BCUT2D eigenvalue weighted by atomic mass is 9.70. The van der Waals surface area contributed by atoms with Gasteiger partial charge in [0.05, 0.1) is 19.4 Å². The van der Waals surface area contributed by atoms with Crippen LogP contribution < -0.4 is 15.0 Å². The molecule has 2 bridgehead atoms. The standard InChI is InChI=1S/C19H28N6O2/c1-25(15-7-12-4-3-5-13(6-12)8-15)19-21-16(10-18(22-19)27-2)20-17-9-14(11-26)23-24-17/h9-10,12-13,15,26H,3-8,11H2,1-2H3,(H2,20,21,22,23,24)/t12-,13+,15?. The molecule has 1 unspecified atom stereocenters. The monoisotopic (exact) mass is 372 g/mol. The first kappa shape index (κ1) is 18.0. The number of anilines is 3. The molecular weight excluding hydrogens is 344 g/mol. The van der Waals surface area contributed by atoms with Gasteiger partial charge in [0.2, 0.25) is 11.8 Å². The average Bonchev–Trinajstić information content (AvgIpc) is 3.14. The van der Waals surface area contributed by atoms with E-state index in [-0.39, 0.29) is 6.61 Å². The third-order valence-electron chi connectivity index (χ3n) is 5.92. The van der Waals surface area contributed by atoms with Gasteiger partial charge in [-0.25, -0.2) is 0 Å². The number of nitrogens with one attached hydrogen (secondary N) is 2. The number of methoxy groups -OCH3 is 1. The second kappa shape index (κ2) is 7.72. The summed E-state index contributed by atoms with van der Waals surface area (Å²) in [6, 6.07) is 3.97. The second-order valence-electron chi connectivity index (χ2n) is 7.79. The lowest BCUT2D eigenvalue weighted by molar-refractivity contribution is 0.168. The molecule has 8 nitrogen and oxygen atoms in total. The normalized spacial score (nSPS) is 24.5. The zero-order chi connectivity index (χ0) is 18.8.